The Morgan fingerprint density at radius 2 is 2.19 bits per heavy atom. The fraction of sp³-hybridized carbons (Fsp3) is 0.417. The standard InChI is InChI=1S/C12H16BrNO2/c1-8-4-5-10(13)6-11(8)12(7-15)14(3)9(2)16/h4-6,12,15H,7H2,1-3H3. The Bertz CT molecular complexity index is 393. The van der Waals surface area contributed by atoms with Gasteiger partial charge in [-0.1, -0.05) is 22.0 Å². The van der Waals surface area contributed by atoms with Crippen LogP contribution in [0.1, 0.15) is 24.1 Å². The van der Waals surface area contributed by atoms with E-state index in [0.717, 1.165) is 15.6 Å². The Morgan fingerprint density at radius 3 is 2.69 bits per heavy atom. The molecular weight excluding hydrogens is 270 g/mol. The summed E-state index contributed by atoms with van der Waals surface area (Å²) in [5.74, 6) is -0.0570. The second-order valence-corrected chi connectivity index (χ2v) is 4.74. The number of halogens is 1. The van der Waals surface area contributed by atoms with Gasteiger partial charge in [-0.25, -0.2) is 0 Å². The van der Waals surface area contributed by atoms with E-state index in [1.165, 1.54) is 6.92 Å². The third-order valence-corrected chi connectivity index (χ3v) is 3.23. The van der Waals surface area contributed by atoms with Crippen molar-refractivity contribution in [1.29, 1.82) is 0 Å². The predicted molar refractivity (Wildman–Crippen MR) is 67.1 cm³/mol. The Balaban J connectivity index is 3.12. The first-order valence-electron chi connectivity index (χ1n) is 5.07. The zero-order valence-corrected chi connectivity index (χ0v) is 11.3. The molecule has 1 atom stereocenters. The Kier molecular flexibility index (Phi) is 4.50. The monoisotopic (exact) mass is 285 g/mol. The summed E-state index contributed by atoms with van der Waals surface area (Å²) in [6.07, 6.45) is 0. The Hall–Kier alpha value is -0.870. The normalized spacial score (nSPS) is 12.3. The van der Waals surface area contributed by atoms with Gasteiger partial charge in [-0.05, 0) is 30.2 Å². The molecular formula is C12H16BrNO2. The number of aryl methyl sites for hydroxylation is 1. The third-order valence-electron chi connectivity index (χ3n) is 2.74. The topological polar surface area (TPSA) is 40.5 Å². The van der Waals surface area contributed by atoms with Gasteiger partial charge in [-0.2, -0.15) is 0 Å². The molecule has 88 valence electrons. The van der Waals surface area contributed by atoms with Gasteiger partial charge in [0.15, 0.2) is 0 Å². The summed E-state index contributed by atoms with van der Waals surface area (Å²) in [5, 5.41) is 9.40. The number of likely N-dealkylation sites (N-methyl/N-ethyl adjacent to an activating group) is 1. The summed E-state index contributed by atoms with van der Waals surface area (Å²) in [5.41, 5.74) is 2.03. The zero-order valence-electron chi connectivity index (χ0n) is 9.70. The molecule has 0 aliphatic carbocycles. The molecule has 1 rings (SSSR count). The van der Waals surface area contributed by atoms with E-state index in [1.807, 2.05) is 25.1 Å². The van der Waals surface area contributed by atoms with Crippen molar-refractivity contribution in [2.45, 2.75) is 19.9 Å². The average molecular weight is 286 g/mol. The summed E-state index contributed by atoms with van der Waals surface area (Å²) < 4.78 is 0.948. The molecule has 0 saturated heterocycles. The van der Waals surface area contributed by atoms with E-state index in [9.17, 15) is 9.90 Å². The van der Waals surface area contributed by atoms with Crippen LogP contribution in [-0.2, 0) is 4.79 Å². The zero-order chi connectivity index (χ0) is 12.3. The number of aliphatic hydroxyl groups excluding tert-OH is 1. The summed E-state index contributed by atoms with van der Waals surface area (Å²) >= 11 is 3.39. The third kappa shape index (κ3) is 2.83. The molecule has 16 heavy (non-hydrogen) atoms. The van der Waals surface area contributed by atoms with E-state index < -0.39 is 0 Å². The van der Waals surface area contributed by atoms with Gasteiger partial charge in [0, 0.05) is 18.4 Å². The fourth-order valence-electron chi connectivity index (χ4n) is 1.62. The van der Waals surface area contributed by atoms with Crippen LogP contribution in [0.25, 0.3) is 0 Å². The lowest BCUT2D eigenvalue weighted by Crippen LogP contribution is -2.31. The molecule has 0 heterocycles. The van der Waals surface area contributed by atoms with E-state index in [0.29, 0.717) is 0 Å². The van der Waals surface area contributed by atoms with Gasteiger partial charge >= 0.3 is 0 Å². The van der Waals surface area contributed by atoms with Gasteiger partial charge in [-0.3, -0.25) is 4.79 Å². The van der Waals surface area contributed by atoms with Gasteiger partial charge in [0.05, 0.1) is 12.6 Å². The largest absolute Gasteiger partial charge is 0.394 e. The number of carbonyl (C=O) groups is 1. The first kappa shape index (κ1) is 13.2. The van der Waals surface area contributed by atoms with Crippen molar-refractivity contribution in [3.8, 4) is 0 Å². The maximum atomic E-state index is 11.3. The maximum absolute atomic E-state index is 11.3. The molecule has 0 saturated carbocycles. The second-order valence-electron chi connectivity index (χ2n) is 3.83. The number of hydrogen-bond donors (Lipinski definition) is 1. The molecule has 1 aromatic carbocycles. The molecule has 0 spiro atoms. The number of nitrogens with zero attached hydrogens (tertiary/aromatic N) is 1. The highest BCUT2D eigenvalue weighted by Crippen LogP contribution is 2.25. The molecule has 1 aromatic rings. The van der Waals surface area contributed by atoms with Crippen molar-refractivity contribution in [2.75, 3.05) is 13.7 Å². The van der Waals surface area contributed by atoms with Gasteiger partial charge < -0.3 is 10.0 Å². The molecule has 0 fully saturated rings. The average Bonchev–Trinajstić information content (AvgIpc) is 2.23. The van der Waals surface area contributed by atoms with Gasteiger partial charge in [-0.15, -0.1) is 0 Å². The second kappa shape index (κ2) is 5.46. The quantitative estimate of drug-likeness (QED) is 0.926. The van der Waals surface area contributed by atoms with Crippen LogP contribution in [0.2, 0.25) is 0 Å². The lowest BCUT2D eigenvalue weighted by atomic mass is 10.0. The number of hydrogen-bond acceptors (Lipinski definition) is 2. The van der Waals surface area contributed by atoms with Crippen molar-refractivity contribution < 1.29 is 9.90 Å². The molecule has 4 heteroatoms. The number of aliphatic hydroxyl groups is 1. The van der Waals surface area contributed by atoms with Crippen LogP contribution < -0.4 is 0 Å². The highest BCUT2D eigenvalue weighted by atomic mass is 79.9. The number of rotatable bonds is 3. The fourth-order valence-corrected chi connectivity index (χ4v) is 2.00. The molecule has 1 amide bonds. The first-order chi connectivity index (χ1) is 7.47. The molecule has 0 aromatic heterocycles. The number of carbonyl (C=O) groups excluding carboxylic acids is 1. The van der Waals surface area contributed by atoms with Crippen LogP contribution in [0.4, 0.5) is 0 Å². The molecule has 1 unspecified atom stereocenters. The molecule has 1 N–H and O–H groups in total. The van der Waals surface area contributed by atoms with E-state index >= 15 is 0 Å². The van der Waals surface area contributed by atoms with Crippen molar-refractivity contribution in [1.82, 2.24) is 4.90 Å². The minimum absolute atomic E-state index is 0.0570. The first-order valence-corrected chi connectivity index (χ1v) is 5.87. The smallest absolute Gasteiger partial charge is 0.219 e. The maximum Gasteiger partial charge on any atom is 0.219 e. The highest BCUT2D eigenvalue weighted by Gasteiger charge is 2.20. The highest BCUT2D eigenvalue weighted by molar-refractivity contribution is 9.10. The van der Waals surface area contributed by atoms with Crippen molar-refractivity contribution in [2.24, 2.45) is 0 Å². The molecule has 0 aliphatic heterocycles. The van der Waals surface area contributed by atoms with Crippen LogP contribution in [0, 0.1) is 6.92 Å². The van der Waals surface area contributed by atoms with Gasteiger partial charge in [0.1, 0.15) is 0 Å². The lowest BCUT2D eigenvalue weighted by molar-refractivity contribution is -0.130. The van der Waals surface area contributed by atoms with E-state index in [1.54, 1.807) is 11.9 Å². The molecule has 0 aliphatic rings. The summed E-state index contributed by atoms with van der Waals surface area (Å²) in [6.45, 7) is 3.39. The predicted octanol–water partition coefficient (Wildman–Crippen LogP) is 2.27. The van der Waals surface area contributed by atoms with E-state index in [2.05, 4.69) is 15.9 Å². The van der Waals surface area contributed by atoms with Crippen molar-refractivity contribution in [3.63, 3.8) is 0 Å². The Morgan fingerprint density at radius 1 is 1.56 bits per heavy atom. The minimum atomic E-state index is -0.282. The van der Waals surface area contributed by atoms with Crippen molar-refractivity contribution in [3.05, 3.63) is 33.8 Å². The summed E-state index contributed by atoms with van der Waals surface area (Å²) in [4.78, 5) is 12.9. The van der Waals surface area contributed by atoms with Crippen LogP contribution in [0.15, 0.2) is 22.7 Å². The minimum Gasteiger partial charge on any atom is -0.394 e. The number of benzene rings is 1. The van der Waals surface area contributed by atoms with Crippen LogP contribution in [0.5, 0.6) is 0 Å². The van der Waals surface area contributed by atoms with E-state index in [4.69, 9.17) is 0 Å². The van der Waals surface area contributed by atoms with Crippen LogP contribution >= 0.6 is 15.9 Å². The van der Waals surface area contributed by atoms with Crippen LogP contribution in [-0.4, -0.2) is 29.6 Å². The molecule has 3 nitrogen and oxygen atoms in total. The van der Waals surface area contributed by atoms with Crippen LogP contribution in [0.3, 0.4) is 0 Å². The summed E-state index contributed by atoms with van der Waals surface area (Å²) in [6, 6.07) is 5.57. The number of amides is 1. The lowest BCUT2D eigenvalue weighted by Gasteiger charge is -2.27. The summed E-state index contributed by atoms with van der Waals surface area (Å²) in [7, 11) is 1.70. The SMILES string of the molecule is CC(=O)N(C)C(CO)c1cc(Br)ccc1C. The van der Waals surface area contributed by atoms with Crippen molar-refractivity contribution >= 4 is 21.8 Å². The molecule has 0 radical (unpaired) electrons. The van der Waals surface area contributed by atoms with Gasteiger partial charge in [0.2, 0.25) is 5.91 Å². The van der Waals surface area contributed by atoms with E-state index in [-0.39, 0.29) is 18.6 Å². The molecule has 0 bridgehead atoms. The van der Waals surface area contributed by atoms with Gasteiger partial charge in [0.25, 0.3) is 0 Å². The Labute approximate surface area is 104 Å².